The molecule has 1 N–H and O–H groups in total. The second-order valence-electron chi connectivity index (χ2n) is 3.04. The van der Waals surface area contributed by atoms with E-state index in [1.807, 2.05) is 0 Å². The van der Waals surface area contributed by atoms with E-state index in [2.05, 4.69) is 11.3 Å². The number of amides is 2. The molecule has 86 valence electrons. The van der Waals surface area contributed by atoms with Gasteiger partial charge < -0.3 is 9.84 Å². The molecule has 0 atom stereocenters. The summed E-state index contributed by atoms with van der Waals surface area (Å²) in [5.41, 5.74) is -0.450. The van der Waals surface area contributed by atoms with Crippen LogP contribution in [-0.2, 0) is 23.9 Å². The molecule has 0 aromatic heterocycles. The molecule has 2 amide bonds. The zero-order chi connectivity index (χ0) is 12.3. The Morgan fingerprint density at radius 2 is 1.81 bits per heavy atom. The van der Waals surface area contributed by atoms with Crippen molar-refractivity contribution >= 4 is 23.8 Å². The standard InChI is InChI=1S/C9H9NO6/c1-5(9(15)16-4-8(13)14)10-6(11)2-3-7(10)12/h1-4H2,(H,13,14). The number of carboxylic acids is 1. The van der Waals surface area contributed by atoms with Gasteiger partial charge in [0.1, 0.15) is 5.70 Å². The van der Waals surface area contributed by atoms with E-state index in [9.17, 15) is 19.2 Å². The molecule has 0 bridgehead atoms. The number of hydrogen-bond acceptors (Lipinski definition) is 5. The molecule has 1 aliphatic rings. The summed E-state index contributed by atoms with van der Waals surface area (Å²) in [7, 11) is 0. The molecular weight excluding hydrogens is 218 g/mol. The SMILES string of the molecule is C=C(C(=O)OCC(=O)O)N1C(=O)CCC1=O. The maximum absolute atomic E-state index is 11.2. The van der Waals surface area contributed by atoms with Gasteiger partial charge in [0.05, 0.1) is 0 Å². The lowest BCUT2D eigenvalue weighted by Gasteiger charge is -2.14. The first-order valence-electron chi connectivity index (χ1n) is 4.37. The Hall–Kier alpha value is -2.18. The molecule has 0 spiro atoms. The first-order chi connectivity index (χ1) is 7.43. The van der Waals surface area contributed by atoms with Crippen molar-refractivity contribution in [1.29, 1.82) is 0 Å². The van der Waals surface area contributed by atoms with Gasteiger partial charge >= 0.3 is 11.9 Å². The number of carboxylic acid groups (broad SMARTS) is 1. The van der Waals surface area contributed by atoms with Crippen molar-refractivity contribution in [2.75, 3.05) is 6.61 Å². The van der Waals surface area contributed by atoms with Crippen molar-refractivity contribution in [1.82, 2.24) is 4.90 Å². The lowest BCUT2D eigenvalue weighted by Crippen LogP contribution is -2.33. The van der Waals surface area contributed by atoms with E-state index < -0.39 is 36.1 Å². The molecule has 0 aliphatic carbocycles. The number of likely N-dealkylation sites (tertiary alicyclic amines) is 1. The van der Waals surface area contributed by atoms with E-state index in [0.29, 0.717) is 4.90 Å². The maximum atomic E-state index is 11.2. The lowest BCUT2D eigenvalue weighted by atomic mass is 10.4. The van der Waals surface area contributed by atoms with Crippen LogP contribution in [0.25, 0.3) is 0 Å². The summed E-state index contributed by atoms with van der Waals surface area (Å²) < 4.78 is 4.29. The molecule has 0 aromatic rings. The second-order valence-corrected chi connectivity index (χ2v) is 3.04. The zero-order valence-corrected chi connectivity index (χ0v) is 8.26. The first kappa shape index (κ1) is 11.9. The number of esters is 1. The number of hydrogen-bond donors (Lipinski definition) is 1. The van der Waals surface area contributed by atoms with Gasteiger partial charge in [-0.1, -0.05) is 6.58 Å². The Kier molecular flexibility index (Phi) is 3.39. The van der Waals surface area contributed by atoms with Crippen LogP contribution in [0.2, 0.25) is 0 Å². The number of nitrogens with zero attached hydrogens (tertiary/aromatic N) is 1. The number of carbonyl (C=O) groups excluding carboxylic acids is 3. The summed E-state index contributed by atoms with van der Waals surface area (Å²) in [6, 6.07) is 0. The molecule has 1 heterocycles. The molecule has 0 radical (unpaired) electrons. The minimum absolute atomic E-state index is 0.0179. The largest absolute Gasteiger partial charge is 0.479 e. The van der Waals surface area contributed by atoms with Crippen molar-refractivity contribution in [2.24, 2.45) is 0 Å². The van der Waals surface area contributed by atoms with Crippen LogP contribution >= 0.6 is 0 Å². The molecule has 0 aromatic carbocycles. The third kappa shape index (κ3) is 2.44. The van der Waals surface area contributed by atoms with E-state index in [0.717, 1.165) is 0 Å². The van der Waals surface area contributed by atoms with Crippen LogP contribution in [0.5, 0.6) is 0 Å². The van der Waals surface area contributed by atoms with Gasteiger partial charge in [-0.15, -0.1) is 0 Å². The Morgan fingerprint density at radius 3 is 2.25 bits per heavy atom. The van der Waals surface area contributed by atoms with Gasteiger partial charge in [-0.2, -0.15) is 0 Å². The highest BCUT2D eigenvalue weighted by molar-refractivity contribution is 6.09. The van der Waals surface area contributed by atoms with Gasteiger partial charge in [0.15, 0.2) is 6.61 Å². The third-order valence-electron chi connectivity index (χ3n) is 1.88. The molecule has 1 saturated heterocycles. The van der Waals surface area contributed by atoms with Crippen LogP contribution in [0.1, 0.15) is 12.8 Å². The summed E-state index contributed by atoms with van der Waals surface area (Å²) in [4.78, 5) is 44.3. The summed E-state index contributed by atoms with van der Waals surface area (Å²) >= 11 is 0. The fourth-order valence-electron chi connectivity index (χ4n) is 1.18. The minimum Gasteiger partial charge on any atom is -0.479 e. The van der Waals surface area contributed by atoms with Gasteiger partial charge in [0.25, 0.3) is 0 Å². The molecule has 16 heavy (non-hydrogen) atoms. The molecule has 0 saturated carbocycles. The number of rotatable bonds is 4. The van der Waals surface area contributed by atoms with Crippen molar-refractivity contribution in [3.63, 3.8) is 0 Å². The first-order valence-corrected chi connectivity index (χ1v) is 4.37. The van der Waals surface area contributed by atoms with Crippen LogP contribution in [0, 0.1) is 0 Å². The summed E-state index contributed by atoms with van der Waals surface area (Å²) in [5.74, 6) is -3.50. The number of carbonyl (C=O) groups is 4. The molecule has 1 aliphatic heterocycles. The van der Waals surface area contributed by atoms with E-state index in [4.69, 9.17) is 5.11 Å². The third-order valence-corrected chi connectivity index (χ3v) is 1.88. The lowest BCUT2D eigenvalue weighted by molar-refractivity contribution is -0.154. The highest BCUT2D eigenvalue weighted by Crippen LogP contribution is 2.17. The van der Waals surface area contributed by atoms with Crippen molar-refractivity contribution < 1.29 is 29.0 Å². The maximum Gasteiger partial charge on any atom is 0.355 e. The summed E-state index contributed by atoms with van der Waals surface area (Å²) in [6.45, 7) is 2.39. The topological polar surface area (TPSA) is 101 Å². The predicted octanol–water partition coefficient (Wildman–Crippen LogP) is -0.723. The monoisotopic (exact) mass is 227 g/mol. The molecule has 7 nitrogen and oxygen atoms in total. The normalized spacial score (nSPS) is 15.1. The van der Waals surface area contributed by atoms with Gasteiger partial charge in [-0.25, -0.2) is 14.5 Å². The average Bonchev–Trinajstić information content (AvgIpc) is 2.54. The molecule has 0 unspecified atom stereocenters. The number of aliphatic carboxylic acids is 1. The second kappa shape index (κ2) is 4.56. The van der Waals surface area contributed by atoms with Crippen LogP contribution in [0.3, 0.4) is 0 Å². The Bertz CT molecular complexity index is 369. The van der Waals surface area contributed by atoms with Gasteiger partial charge in [-0.05, 0) is 0 Å². The Morgan fingerprint density at radius 1 is 1.31 bits per heavy atom. The van der Waals surface area contributed by atoms with E-state index in [-0.39, 0.29) is 12.8 Å². The highest BCUT2D eigenvalue weighted by Gasteiger charge is 2.34. The Labute approximate surface area is 90.3 Å². The van der Waals surface area contributed by atoms with Crippen LogP contribution in [-0.4, -0.2) is 40.4 Å². The molecule has 1 fully saturated rings. The number of ether oxygens (including phenoxy) is 1. The van der Waals surface area contributed by atoms with E-state index >= 15 is 0 Å². The van der Waals surface area contributed by atoms with E-state index in [1.54, 1.807) is 0 Å². The fourth-order valence-corrected chi connectivity index (χ4v) is 1.18. The Balaban J connectivity index is 2.63. The van der Waals surface area contributed by atoms with Crippen molar-refractivity contribution in [3.8, 4) is 0 Å². The van der Waals surface area contributed by atoms with Crippen molar-refractivity contribution in [2.45, 2.75) is 12.8 Å². The van der Waals surface area contributed by atoms with Gasteiger partial charge in [-0.3, -0.25) is 9.59 Å². The quantitative estimate of drug-likeness (QED) is 0.386. The fraction of sp³-hybridized carbons (Fsp3) is 0.333. The zero-order valence-electron chi connectivity index (χ0n) is 8.26. The van der Waals surface area contributed by atoms with Gasteiger partial charge in [0.2, 0.25) is 11.8 Å². The van der Waals surface area contributed by atoms with Crippen LogP contribution in [0.15, 0.2) is 12.3 Å². The predicted molar refractivity (Wildman–Crippen MR) is 48.8 cm³/mol. The van der Waals surface area contributed by atoms with E-state index in [1.165, 1.54) is 0 Å². The molecule has 7 heteroatoms. The van der Waals surface area contributed by atoms with Crippen molar-refractivity contribution in [3.05, 3.63) is 12.3 Å². The number of imide groups is 1. The smallest absolute Gasteiger partial charge is 0.355 e. The molecular formula is C9H9NO6. The summed E-state index contributed by atoms with van der Waals surface area (Å²) in [6.07, 6.45) is 0.0358. The van der Waals surface area contributed by atoms with Crippen LogP contribution in [0.4, 0.5) is 0 Å². The van der Waals surface area contributed by atoms with Crippen LogP contribution < -0.4 is 0 Å². The highest BCUT2D eigenvalue weighted by atomic mass is 16.6. The van der Waals surface area contributed by atoms with Gasteiger partial charge in [0, 0.05) is 12.8 Å². The average molecular weight is 227 g/mol. The minimum atomic E-state index is -1.33. The molecule has 1 rings (SSSR count). The summed E-state index contributed by atoms with van der Waals surface area (Å²) in [5, 5.41) is 8.26.